The lowest BCUT2D eigenvalue weighted by Gasteiger charge is -1.96. The normalized spacial score (nSPS) is 10.1. The first kappa shape index (κ1) is 10.4. The summed E-state index contributed by atoms with van der Waals surface area (Å²) < 4.78 is 0. The van der Waals surface area contributed by atoms with Gasteiger partial charge >= 0.3 is 0 Å². The van der Waals surface area contributed by atoms with Crippen molar-refractivity contribution in [3.63, 3.8) is 0 Å². The molecule has 0 radical (unpaired) electrons. The number of H-pyrrole nitrogens is 1. The first-order valence-electron chi connectivity index (χ1n) is 4.97. The van der Waals surface area contributed by atoms with Crippen molar-refractivity contribution in [3.05, 3.63) is 48.4 Å². The molecular formula is C13H12N2O. The van der Waals surface area contributed by atoms with Crippen LogP contribution in [-0.4, -0.2) is 16.3 Å². The molecule has 0 amide bonds. The van der Waals surface area contributed by atoms with E-state index in [0.717, 1.165) is 28.9 Å². The van der Waals surface area contributed by atoms with Crippen molar-refractivity contribution in [1.29, 1.82) is 0 Å². The summed E-state index contributed by atoms with van der Waals surface area (Å²) >= 11 is 0. The first-order chi connectivity index (χ1) is 7.70. The van der Waals surface area contributed by atoms with Crippen LogP contribution in [0.3, 0.4) is 0 Å². The molecule has 80 valence electrons. The predicted octanol–water partition coefficient (Wildman–Crippen LogP) is 2.92. The molecule has 3 nitrogen and oxygen atoms in total. The van der Waals surface area contributed by atoms with Crippen LogP contribution in [0.15, 0.2) is 37.0 Å². The number of hydrogen-bond acceptors (Lipinski definition) is 2. The molecule has 0 saturated carbocycles. The van der Waals surface area contributed by atoms with E-state index in [0.29, 0.717) is 5.56 Å². The lowest BCUT2D eigenvalue weighted by Crippen LogP contribution is -1.83. The van der Waals surface area contributed by atoms with Gasteiger partial charge in [0.1, 0.15) is 12.1 Å². The number of allylic oxidation sites excluding steroid dienone is 1. The fraction of sp³-hybridized carbons (Fsp3) is 0.0769. The van der Waals surface area contributed by atoms with Gasteiger partial charge in [-0.25, -0.2) is 4.98 Å². The third kappa shape index (κ3) is 1.93. The molecule has 1 heterocycles. The average molecular weight is 212 g/mol. The van der Waals surface area contributed by atoms with Gasteiger partial charge in [0.2, 0.25) is 0 Å². The Kier molecular flexibility index (Phi) is 2.68. The van der Waals surface area contributed by atoms with Crippen molar-refractivity contribution in [3.8, 4) is 11.3 Å². The van der Waals surface area contributed by atoms with Crippen molar-refractivity contribution in [2.75, 3.05) is 0 Å². The van der Waals surface area contributed by atoms with Crippen LogP contribution in [0.2, 0.25) is 0 Å². The minimum absolute atomic E-state index is 0.666. The van der Waals surface area contributed by atoms with E-state index in [1.165, 1.54) is 0 Å². The molecule has 1 aromatic heterocycles. The molecule has 0 aliphatic carbocycles. The summed E-state index contributed by atoms with van der Waals surface area (Å²) in [7, 11) is 0. The molecule has 0 atom stereocenters. The SMILES string of the molecule is C=C(C)c1nc(-c2ccc(C=O)cc2)c[nH]1. The van der Waals surface area contributed by atoms with Gasteiger partial charge in [-0.3, -0.25) is 4.79 Å². The van der Waals surface area contributed by atoms with E-state index in [4.69, 9.17) is 0 Å². The predicted molar refractivity (Wildman–Crippen MR) is 64.1 cm³/mol. The van der Waals surface area contributed by atoms with E-state index in [-0.39, 0.29) is 0 Å². The number of hydrogen-bond donors (Lipinski definition) is 1. The molecule has 0 saturated heterocycles. The maximum Gasteiger partial charge on any atom is 0.150 e. The number of carbonyl (C=O) groups excluding carboxylic acids is 1. The van der Waals surface area contributed by atoms with Crippen LogP contribution < -0.4 is 0 Å². The van der Waals surface area contributed by atoms with Crippen molar-refractivity contribution >= 4 is 11.9 Å². The Morgan fingerprint density at radius 2 is 2.06 bits per heavy atom. The Morgan fingerprint density at radius 1 is 1.38 bits per heavy atom. The molecular weight excluding hydrogens is 200 g/mol. The van der Waals surface area contributed by atoms with Crippen molar-refractivity contribution < 1.29 is 4.79 Å². The molecule has 0 aliphatic heterocycles. The fourth-order valence-corrected chi connectivity index (χ4v) is 1.42. The van der Waals surface area contributed by atoms with Crippen LogP contribution in [0, 0.1) is 0 Å². The highest BCUT2D eigenvalue weighted by Crippen LogP contribution is 2.19. The zero-order chi connectivity index (χ0) is 11.5. The van der Waals surface area contributed by atoms with Gasteiger partial charge in [-0.15, -0.1) is 0 Å². The van der Waals surface area contributed by atoms with Gasteiger partial charge in [0.05, 0.1) is 5.69 Å². The van der Waals surface area contributed by atoms with E-state index in [9.17, 15) is 4.79 Å². The smallest absolute Gasteiger partial charge is 0.150 e. The molecule has 2 rings (SSSR count). The topological polar surface area (TPSA) is 45.8 Å². The number of aldehydes is 1. The third-order valence-corrected chi connectivity index (χ3v) is 2.32. The highest BCUT2D eigenvalue weighted by molar-refractivity contribution is 5.76. The second-order valence-electron chi connectivity index (χ2n) is 3.65. The van der Waals surface area contributed by atoms with E-state index < -0.39 is 0 Å². The summed E-state index contributed by atoms with van der Waals surface area (Å²) in [5, 5.41) is 0. The second kappa shape index (κ2) is 4.14. The highest BCUT2D eigenvalue weighted by atomic mass is 16.1. The number of imidazole rings is 1. The van der Waals surface area contributed by atoms with Crippen molar-refractivity contribution in [1.82, 2.24) is 9.97 Å². The fourth-order valence-electron chi connectivity index (χ4n) is 1.42. The molecule has 1 aromatic carbocycles. The van der Waals surface area contributed by atoms with Gasteiger partial charge in [0.15, 0.2) is 0 Å². The zero-order valence-corrected chi connectivity index (χ0v) is 9.03. The number of aromatic nitrogens is 2. The molecule has 0 fully saturated rings. The Morgan fingerprint density at radius 3 is 2.56 bits per heavy atom. The number of nitrogens with one attached hydrogen (secondary N) is 1. The summed E-state index contributed by atoms with van der Waals surface area (Å²) in [6.07, 6.45) is 2.66. The Hall–Kier alpha value is -2.16. The maximum atomic E-state index is 10.5. The van der Waals surface area contributed by atoms with E-state index in [1.807, 2.05) is 25.3 Å². The lowest BCUT2D eigenvalue weighted by atomic mass is 10.1. The highest BCUT2D eigenvalue weighted by Gasteiger charge is 2.03. The monoisotopic (exact) mass is 212 g/mol. The van der Waals surface area contributed by atoms with Crippen LogP contribution in [0.1, 0.15) is 23.1 Å². The van der Waals surface area contributed by atoms with Gasteiger partial charge in [-0.05, 0) is 12.5 Å². The minimum atomic E-state index is 0.666. The third-order valence-electron chi connectivity index (χ3n) is 2.32. The maximum absolute atomic E-state index is 10.5. The second-order valence-corrected chi connectivity index (χ2v) is 3.65. The summed E-state index contributed by atoms with van der Waals surface area (Å²) in [6, 6.07) is 7.30. The standard InChI is InChI=1S/C13H12N2O/c1-9(2)13-14-7-12(15-13)11-5-3-10(8-16)4-6-11/h3-8H,1H2,2H3,(H,14,15). The quantitative estimate of drug-likeness (QED) is 0.795. The molecule has 0 unspecified atom stereocenters. The molecule has 0 spiro atoms. The lowest BCUT2D eigenvalue weighted by molar-refractivity contribution is 0.112. The Labute approximate surface area is 93.8 Å². The molecule has 0 aliphatic rings. The number of carbonyl (C=O) groups is 1. The molecule has 1 N–H and O–H groups in total. The largest absolute Gasteiger partial charge is 0.344 e. The zero-order valence-electron chi connectivity index (χ0n) is 9.03. The van der Waals surface area contributed by atoms with E-state index in [2.05, 4.69) is 16.5 Å². The Balaban J connectivity index is 2.35. The van der Waals surface area contributed by atoms with Crippen molar-refractivity contribution in [2.45, 2.75) is 6.92 Å². The summed E-state index contributed by atoms with van der Waals surface area (Å²) in [5.74, 6) is 0.787. The van der Waals surface area contributed by atoms with Crippen LogP contribution in [0.25, 0.3) is 16.8 Å². The van der Waals surface area contributed by atoms with Gasteiger partial charge in [0, 0.05) is 17.3 Å². The number of nitrogens with zero attached hydrogens (tertiary/aromatic N) is 1. The molecule has 0 bridgehead atoms. The van der Waals surface area contributed by atoms with Crippen molar-refractivity contribution in [2.24, 2.45) is 0 Å². The van der Waals surface area contributed by atoms with Gasteiger partial charge in [0.25, 0.3) is 0 Å². The van der Waals surface area contributed by atoms with E-state index in [1.54, 1.807) is 12.1 Å². The molecule has 16 heavy (non-hydrogen) atoms. The summed E-state index contributed by atoms with van der Waals surface area (Å²) in [4.78, 5) is 18.0. The van der Waals surface area contributed by atoms with Crippen LogP contribution in [0.5, 0.6) is 0 Å². The number of rotatable bonds is 3. The Bertz CT molecular complexity index is 523. The average Bonchev–Trinajstić information content (AvgIpc) is 2.78. The number of benzene rings is 1. The van der Waals surface area contributed by atoms with Gasteiger partial charge < -0.3 is 4.98 Å². The first-order valence-corrected chi connectivity index (χ1v) is 4.97. The molecule has 2 aromatic rings. The van der Waals surface area contributed by atoms with Gasteiger partial charge in [-0.1, -0.05) is 30.8 Å². The molecule has 3 heteroatoms. The summed E-state index contributed by atoms with van der Waals surface area (Å²) in [6.45, 7) is 5.72. The summed E-state index contributed by atoms with van der Waals surface area (Å²) in [5.41, 5.74) is 3.40. The van der Waals surface area contributed by atoms with Crippen LogP contribution in [-0.2, 0) is 0 Å². The minimum Gasteiger partial charge on any atom is -0.344 e. The van der Waals surface area contributed by atoms with Crippen LogP contribution in [0.4, 0.5) is 0 Å². The number of aromatic amines is 1. The van der Waals surface area contributed by atoms with E-state index >= 15 is 0 Å². The van der Waals surface area contributed by atoms with Gasteiger partial charge in [-0.2, -0.15) is 0 Å². The van der Waals surface area contributed by atoms with Crippen LogP contribution >= 0.6 is 0 Å².